The number of rotatable bonds is 17. The number of ketones is 1. The molecule has 1 N–H and O–H groups in total. The fraction of sp³-hybridized carbons (Fsp3) is 0.529. The van der Waals surface area contributed by atoms with Gasteiger partial charge in [0.25, 0.3) is 11.7 Å². The molecule has 2 aromatic carbocycles. The number of likely N-dealkylation sites (tertiary alicyclic amines) is 1. The summed E-state index contributed by atoms with van der Waals surface area (Å²) in [6.07, 6.45) is 17.8. The molecule has 3 rings (SSSR count). The van der Waals surface area contributed by atoms with E-state index in [0.29, 0.717) is 12.1 Å². The second-order valence-electron chi connectivity index (χ2n) is 10.9. The predicted octanol–water partition coefficient (Wildman–Crippen LogP) is 8.90. The fourth-order valence-corrected chi connectivity index (χ4v) is 5.43. The average molecular weight is 518 g/mol. The first kappa shape index (κ1) is 29.7. The van der Waals surface area contributed by atoms with E-state index in [-0.39, 0.29) is 11.3 Å². The summed E-state index contributed by atoms with van der Waals surface area (Å²) in [5, 5.41) is 11.1. The minimum absolute atomic E-state index is 0.0991. The minimum atomic E-state index is -0.595. The average Bonchev–Trinajstić information content (AvgIpc) is 3.18. The summed E-state index contributed by atoms with van der Waals surface area (Å²) in [6.45, 7) is 4.80. The summed E-state index contributed by atoms with van der Waals surface area (Å²) >= 11 is 0. The van der Waals surface area contributed by atoms with E-state index in [9.17, 15) is 14.7 Å². The maximum Gasteiger partial charge on any atom is 0.295 e. The Labute approximate surface area is 230 Å². The number of carbonyl (C=O) groups is 2. The topological polar surface area (TPSA) is 57.6 Å². The number of aryl methyl sites for hydroxylation is 1. The Kier molecular flexibility index (Phi) is 12.6. The van der Waals surface area contributed by atoms with Gasteiger partial charge in [0.15, 0.2) is 0 Å². The van der Waals surface area contributed by atoms with Crippen molar-refractivity contribution in [1.29, 1.82) is 0 Å². The third kappa shape index (κ3) is 8.58. The molecule has 38 heavy (non-hydrogen) atoms. The Morgan fingerprint density at radius 1 is 0.711 bits per heavy atom. The minimum Gasteiger partial charge on any atom is -0.507 e. The number of nitrogens with zero attached hydrogens (tertiary/aromatic N) is 1. The van der Waals surface area contributed by atoms with Crippen molar-refractivity contribution in [2.24, 2.45) is 0 Å². The lowest BCUT2D eigenvalue weighted by Gasteiger charge is -2.25. The highest BCUT2D eigenvalue weighted by molar-refractivity contribution is 6.46. The maximum atomic E-state index is 13.1. The first-order chi connectivity index (χ1) is 18.5. The first-order valence-electron chi connectivity index (χ1n) is 14.9. The number of amides is 1. The highest BCUT2D eigenvalue weighted by Crippen LogP contribution is 2.39. The standard InChI is InChI=1S/C34H47NO3/c1-3-4-5-6-7-8-9-10-11-12-13-14-15-19-26-35-31(28-24-22-27(2)23-25-28)30(33(37)34(35)38)32(36)29-20-17-16-18-21-29/h16-18,20-25,31,36H,3-15,19,26H2,1-2H3/b32-30+/t31-/m1/s1. The molecule has 1 aliphatic rings. The number of Topliss-reactive ketones (excluding diaryl/α,β-unsaturated/α-hetero) is 1. The van der Waals surface area contributed by atoms with E-state index in [0.717, 1.165) is 30.4 Å². The monoisotopic (exact) mass is 517 g/mol. The van der Waals surface area contributed by atoms with Gasteiger partial charge >= 0.3 is 0 Å². The lowest BCUT2D eigenvalue weighted by molar-refractivity contribution is -0.139. The highest BCUT2D eigenvalue weighted by atomic mass is 16.3. The van der Waals surface area contributed by atoms with E-state index in [1.807, 2.05) is 49.4 Å². The lowest BCUT2D eigenvalue weighted by Crippen LogP contribution is -2.30. The smallest absolute Gasteiger partial charge is 0.295 e. The van der Waals surface area contributed by atoms with Gasteiger partial charge in [-0.1, -0.05) is 151 Å². The number of unbranched alkanes of at least 4 members (excludes halogenated alkanes) is 13. The summed E-state index contributed by atoms with van der Waals surface area (Å²) in [5.74, 6) is -1.21. The summed E-state index contributed by atoms with van der Waals surface area (Å²) in [6, 6.07) is 16.4. The molecule has 206 valence electrons. The summed E-state index contributed by atoms with van der Waals surface area (Å²) in [5.41, 5.74) is 2.72. The van der Waals surface area contributed by atoms with Gasteiger partial charge in [0.1, 0.15) is 5.76 Å². The van der Waals surface area contributed by atoms with Crippen molar-refractivity contribution in [3.05, 3.63) is 76.9 Å². The highest BCUT2D eigenvalue weighted by Gasteiger charge is 2.45. The van der Waals surface area contributed by atoms with E-state index in [1.165, 1.54) is 70.6 Å². The van der Waals surface area contributed by atoms with E-state index < -0.39 is 17.7 Å². The van der Waals surface area contributed by atoms with Crippen LogP contribution in [0.15, 0.2) is 60.2 Å². The van der Waals surface area contributed by atoms with E-state index in [1.54, 1.807) is 17.0 Å². The molecule has 1 atom stereocenters. The van der Waals surface area contributed by atoms with E-state index in [2.05, 4.69) is 6.92 Å². The number of benzene rings is 2. The molecule has 0 radical (unpaired) electrons. The van der Waals surface area contributed by atoms with Crippen LogP contribution in [0.25, 0.3) is 5.76 Å². The Morgan fingerprint density at radius 3 is 1.74 bits per heavy atom. The molecule has 1 fully saturated rings. The summed E-state index contributed by atoms with van der Waals surface area (Å²) < 4.78 is 0. The van der Waals surface area contributed by atoms with Crippen LogP contribution < -0.4 is 0 Å². The van der Waals surface area contributed by atoms with Crippen molar-refractivity contribution < 1.29 is 14.7 Å². The van der Waals surface area contributed by atoms with Gasteiger partial charge in [0.2, 0.25) is 0 Å². The number of aliphatic hydroxyl groups is 1. The largest absolute Gasteiger partial charge is 0.507 e. The second kappa shape index (κ2) is 16.2. The molecule has 1 aliphatic heterocycles. The molecular formula is C34H47NO3. The summed E-state index contributed by atoms with van der Waals surface area (Å²) in [7, 11) is 0. The molecule has 0 saturated carbocycles. The van der Waals surface area contributed by atoms with Crippen LogP contribution >= 0.6 is 0 Å². The number of aliphatic hydroxyl groups excluding tert-OH is 1. The van der Waals surface area contributed by atoms with Gasteiger partial charge in [-0.25, -0.2) is 0 Å². The Bertz CT molecular complexity index is 1030. The zero-order chi connectivity index (χ0) is 27.2. The normalized spacial score (nSPS) is 16.9. The summed E-state index contributed by atoms with van der Waals surface area (Å²) in [4.78, 5) is 27.9. The van der Waals surface area contributed by atoms with Crippen LogP contribution in [0.5, 0.6) is 0 Å². The van der Waals surface area contributed by atoms with Crippen LogP contribution in [0, 0.1) is 6.92 Å². The van der Waals surface area contributed by atoms with Gasteiger partial charge in [-0.15, -0.1) is 0 Å². The zero-order valence-corrected chi connectivity index (χ0v) is 23.6. The van der Waals surface area contributed by atoms with E-state index >= 15 is 0 Å². The van der Waals surface area contributed by atoms with Crippen molar-refractivity contribution >= 4 is 17.4 Å². The molecule has 2 aromatic rings. The van der Waals surface area contributed by atoms with Gasteiger partial charge in [0, 0.05) is 12.1 Å². The molecule has 4 heteroatoms. The molecular weight excluding hydrogens is 470 g/mol. The van der Waals surface area contributed by atoms with Crippen molar-refractivity contribution in [3.63, 3.8) is 0 Å². The Balaban J connectivity index is 1.50. The third-order valence-corrected chi connectivity index (χ3v) is 7.73. The van der Waals surface area contributed by atoms with Crippen molar-refractivity contribution in [2.75, 3.05) is 6.54 Å². The molecule has 0 aliphatic carbocycles. The molecule has 1 heterocycles. The fourth-order valence-electron chi connectivity index (χ4n) is 5.43. The SMILES string of the molecule is CCCCCCCCCCCCCCCCN1C(=O)C(=O)/C(=C(/O)c2ccccc2)[C@H]1c1ccc(C)cc1. The number of hydrogen-bond donors (Lipinski definition) is 1. The molecule has 0 spiro atoms. The van der Waals surface area contributed by atoms with Crippen LogP contribution in [0.4, 0.5) is 0 Å². The van der Waals surface area contributed by atoms with Gasteiger partial charge in [-0.05, 0) is 18.9 Å². The van der Waals surface area contributed by atoms with Crippen molar-refractivity contribution in [1.82, 2.24) is 4.90 Å². The van der Waals surface area contributed by atoms with Crippen LogP contribution in [0.2, 0.25) is 0 Å². The van der Waals surface area contributed by atoms with Crippen LogP contribution in [-0.2, 0) is 9.59 Å². The van der Waals surface area contributed by atoms with Gasteiger partial charge in [0.05, 0.1) is 11.6 Å². The first-order valence-corrected chi connectivity index (χ1v) is 14.9. The molecule has 0 bridgehead atoms. The second-order valence-corrected chi connectivity index (χ2v) is 10.9. The predicted molar refractivity (Wildman–Crippen MR) is 157 cm³/mol. The molecule has 1 amide bonds. The molecule has 1 saturated heterocycles. The van der Waals surface area contributed by atoms with Gasteiger partial charge in [-0.2, -0.15) is 0 Å². The zero-order valence-electron chi connectivity index (χ0n) is 23.6. The van der Waals surface area contributed by atoms with Crippen LogP contribution in [-0.4, -0.2) is 28.2 Å². The van der Waals surface area contributed by atoms with Crippen LogP contribution in [0.1, 0.15) is 120 Å². The maximum absolute atomic E-state index is 13.1. The third-order valence-electron chi connectivity index (χ3n) is 7.73. The molecule has 0 unspecified atom stereocenters. The number of carbonyl (C=O) groups excluding carboxylic acids is 2. The quantitative estimate of drug-likeness (QED) is 0.0986. The van der Waals surface area contributed by atoms with Crippen molar-refractivity contribution in [3.8, 4) is 0 Å². The molecule has 0 aromatic heterocycles. The van der Waals surface area contributed by atoms with Gasteiger partial charge in [-0.3, -0.25) is 9.59 Å². The van der Waals surface area contributed by atoms with Crippen LogP contribution in [0.3, 0.4) is 0 Å². The van der Waals surface area contributed by atoms with E-state index in [4.69, 9.17) is 0 Å². The lowest BCUT2D eigenvalue weighted by atomic mass is 9.94. The van der Waals surface area contributed by atoms with Gasteiger partial charge < -0.3 is 10.0 Å². The Hall–Kier alpha value is -2.88. The van der Waals surface area contributed by atoms with Crippen molar-refractivity contribution in [2.45, 2.75) is 110 Å². The molecule has 4 nitrogen and oxygen atoms in total. The number of hydrogen-bond acceptors (Lipinski definition) is 3. The Morgan fingerprint density at radius 2 is 1.21 bits per heavy atom.